The number of thioether (sulfide) groups is 1. The van der Waals surface area contributed by atoms with Crippen molar-refractivity contribution in [3.8, 4) is 0 Å². The molecular formula is C16H20N2O3S2. The van der Waals surface area contributed by atoms with Crippen LogP contribution in [0.5, 0.6) is 0 Å². The zero-order valence-corrected chi connectivity index (χ0v) is 14.9. The van der Waals surface area contributed by atoms with E-state index in [2.05, 4.69) is 0 Å². The molecule has 23 heavy (non-hydrogen) atoms. The quantitative estimate of drug-likeness (QED) is 0.706. The Morgan fingerprint density at radius 1 is 1.26 bits per heavy atom. The topological polar surface area (TPSA) is 57.7 Å². The highest BCUT2D eigenvalue weighted by atomic mass is 32.2. The second-order valence-electron chi connectivity index (χ2n) is 5.16. The smallest absolute Gasteiger partial charge is 0.294 e. The van der Waals surface area contributed by atoms with Gasteiger partial charge in [0.15, 0.2) is 0 Å². The van der Waals surface area contributed by atoms with Crippen molar-refractivity contribution in [1.82, 2.24) is 9.80 Å². The molecule has 0 spiro atoms. The van der Waals surface area contributed by atoms with E-state index in [-0.39, 0.29) is 23.6 Å². The van der Waals surface area contributed by atoms with Crippen LogP contribution in [0, 0.1) is 0 Å². The maximum Gasteiger partial charge on any atom is 0.294 e. The maximum atomic E-state index is 12.4. The fourth-order valence-corrected chi connectivity index (χ4v) is 3.84. The summed E-state index contributed by atoms with van der Waals surface area (Å²) in [7, 11) is 0. The Morgan fingerprint density at radius 3 is 2.52 bits per heavy atom. The molecule has 0 N–H and O–H groups in total. The highest BCUT2D eigenvalue weighted by Crippen LogP contribution is 2.32. The van der Waals surface area contributed by atoms with Crippen molar-refractivity contribution in [3.63, 3.8) is 0 Å². The van der Waals surface area contributed by atoms with Crippen molar-refractivity contribution in [3.05, 3.63) is 27.3 Å². The lowest BCUT2D eigenvalue weighted by Gasteiger charge is -2.23. The van der Waals surface area contributed by atoms with Crippen molar-refractivity contribution >= 4 is 46.2 Å². The van der Waals surface area contributed by atoms with Crippen LogP contribution in [0.2, 0.25) is 0 Å². The molecule has 3 amide bonds. The molecule has 7 heteroatoms. The van der Waals surface area contributed by atoms with Crippen LogP contribution in [0.3, 0.4) is 0 Å². The Balaban J connectivity index is 2.06. The number of imide groups is 1. The van der Waals surface area contributed by atoms with Crippen LogP contribution in [-0.4, -0.2) is 46.5 Å². The first-order chi connectivity index (χ1) is 11.1. The van der Waals surface area contributed by atoms with Gasteiger partial charge in [-0.2, -0.15) is 0 Å². The van der Waals surface area contributed by atoms with Crippen LogP contribution >= 0.6 is 23.1 Å². The molecule has 1 aliphatic rings. The lowest BCUT2D eigenvalue weighted by atomic mass is 10.3. The molecule has 0 aromatic carbocycles. The van der Waals surface area contributed by atoms with Gasteiger partial charge >= 0.3 is 0 Å². The first kappa shape index (κ1) is 17.7. The molecule has 0 radical (unpaired) electrons. The van der Waals surface area contributed by atoms with Crippen LogP contribution in [0.25, 0.3) is 6.08 Å². The van der Waals surface area contributed by atoms with Gasteiger partial charge < -0.3 is 4.90 Å². The summed E-state index contributed by atoms with van der Waals surface area (Å²) >= 11 is 2.39. The monoisotopic (exact) mass is 352 g/mol. The lowest BCUT2D eigenvalue weighted by molar-refractivity contribution is -0.135. The fourth-order valence-electron chi connectivity index (χ4n) is 2.28. The molecule has 5 nitrogen and oxygen atoms in total. The number of carbonyl (C=O) groups excluding carboxylic acids is 3. The van der Waals surface area contributed by atoms with Crippen molar-refractivity contribution in [2.24, 2.45) is 0 Å². The molecule has 2 heterocycles. The average Bonchev–Trinajstić information content (AvgIpc) is 3.11. The number of hydrogen-bond donors (Lipinski definition) is 0. The Labute approximate surface area is 144 Å². The molecule has 1 aromatic rings. The minimum Gasteiger partial charge on any atom is -0.341 e. The summed E-state index contributed by atoms with van der Waals surface area (Å²) in [5, 5.41) is 1.53. The van der Waals surface area contributed by atoms with Crippen LogP contribution < -0.4 is 0 Å². The molecule has 1 aliphatic heterocycles. The van der Waals surface area contributed by atoms with Gasteiger partial charge in [0.05, 0.1) is 4.91 Å². The molecule has 124 valence electrons. The fraction of sp³-hybridized carbons (Fsp3) is 0.438. The standard InChI is InChI=1S/C16H20N2O3S2/c1-3-7-17(8-4-2)14(19)11-18-15(20)13(23-16(18)21)10-12-6-5-9-22-12/h5-6,9-10H,3-4,7-8,11H2,1-2H3/b13-10-. The normalized spacial score (nSPS) is 16.4. The van der Waals surface area contributed by atoms with E-state index in [4.69, 9.17) is 0 Å². The number of amides is 3. The van der Waals surface area contributed by atoms with Gasteiger partial charge in [0.2, 0.25) is 5.91 Å². The summed E-state index contributed by atoms with van der Waals surface area (Å²) < 4.78 is 0. The number of thiophene rings is 1. The third-order valence-electron chi connectivity index (χ3n) is 3.32. The van der Waals surface area contributed by atoms with E-state index in [1.165, 1.54) is 11.3 Å². The zero-order valence-electron chi connectivity index (χ0n) is 13.3. The minimum atomic E-state index is -0.380. The highest BCUT2D eigenvalue weighted by molar-refractivity contribution is 8.18. The molecule has 0 aliphatic carbocycles. The molecule has 0 saturated carbocycles. The van der Waals surface area contributed by atoms with Gasteiger partial charge in [-0.15, -0.1) is 11.3 Å². The van der Waals surface area contributed by atoms with Crippen molar-refractivity contribution < 1.29 is 14.4 Å². The Kier molecular flexibility index (Phi) is 6.41. The van der Waals surface area contributed by atoms with E-state index in [1.54, 1.807) is 11.0 Å². The van der Waals surface area contributed by atoms with Gasteiger partial charge in [-0.1, -0.05) is 19.9 Å². The number of rotatable bonds is 7. The predicted octanol–water partition coefficient (Wildman–Crippen LogP) is 3.43. The van der Waals surface area contributed by atoms with Crippen LogP contribution in [0.15, 0.2) is 22.4 Å². The zero-order chi connectivity index (χ0) is 16.8. The second-order valence-corrected chi connectivity index (χ2v) is 7.14. The molecule has 1 aromatic heterocycles. The summed E-state index contributed by atoms with van der Waals surface area (Å²) in [6.07, 6.45) is 3.41. The summed E-state index contributed by atoms with van der Waals surface area (Å²) in [6, 6.07) is 3.77. The Bertz CT molecular complexity index is 605. The molecule has 0 unspecified atom stereocenters. The van der Waals surface area contributed by atoms with E-state index in [0.717, 1.165) is 34.4 Å². The van der Waals surface area contributed by atoms with Gasteiger partial charge in [0.25, 0.3) is 11.1 Å². The van der Waals surface area contributed by atoms with Crippen molar-refractivity contribution in [2.75, 3.05) is 19.6 Å². The van der Waals surface area contributed by atoms with Crippen LogP contribution in [0.1, 0.15) is 31.6 Å². The first-order valence-corrected chi connectivity index (χ1v) is 9.33. The van der Waals surface area contributed by atoms with Gasteiger partial charge in [-0.3, -0.25) is 19.3 Å². The molecular weight excluding hydrogens is 332 g/mol. The van der Waals surface area contributed by atoms with Gasteiger partial charge in [-0.25, -0.2) is 0 Å². The Morgan fingerprint density at radius 2 is 1.96 bits per heavy atom. The van der Waals surface area contributed by atoms with Crippen LogP contribution in [0.4, 0.5) is 4.79 Å². The van der Waals surface area contributed by atoms with E-state index >= 15 is 0 Å². The minimum absolute atomic E-state index is 0.173. The van der Waals surface area contributed by atoms with E-state index in [1.807, 2.05) is 31.4 Å². The van der Waals surface area contributed by atoms with Crippen molar-refractivity contribution in [1.29, 1.82) is 0 Å². The third kappa shape index (κ3) is 4.45. The molecule has 1 saturated heterocycles. The Hall–Kier alpha value is -1.60. The summed E-state index contributed by atoms with van der Waals surface area (Å²) in [5.41, 5.74) is 0. The highest BCUT2D eigenvalue weighted by Gasteiger charge is 2.37. The van der Waals surface area contributed by atoms with Gasteiger partial charge in [-0.05, 0) is 42.1 Å². The largest absolute Gasteiger partial charge is 0.341 e. The molecule has 0 bridgehead atoms. The number of nitrogens with zero attached hydrogens (tertiary/aromatic N) is 2. The van der Waals surface area contributed by atoms with Crippen LogP contribution in [-0.2, 0) is 9.59 Å². The van der Waals surface area contributed by atoms with E-state index < -0.39 is 0 Å². The SMILES string of the molecule is CCCN(CCC)C(=O)CN1C(=O)S/C(=C\c2cccs2)C1=O. The molecule has 0 atom stereocenters. The van der Waals surface area contributed by atoms with Gasteiger partial charge in [0, 0.05) is 18.0 Å². The second kappa shape index (κ2) is 8.31. The van der Waals surface area contributed by atoms with E-state index in [0.29, 0.717) is 18.0 Å². The summed E-state index contributed by atoms with van der Waals surface area (Å²) in [6.45, 7) is 5.12. The maximum absolute atomic E-state index is 12.4. The third-order valence-corrected chi connectivity index (χ3v) is 5.05. The lowest BCUT2D eigenvalue weighted by Crippen LogP contribution is -2.42. The predicted molar refractivity (Wildman–Crippen MR) is 94.2 cm³/mol. The van der Waals surface area contributed by atoms with Crippen molar-refractivity contribution in [2.45, 2.75) is 26.7 Å². The van der Waals surface area contributed by atoms with E-state index in [9.17, 15) is 14.4 Å². The summed E-state index contributed by atoms with van der Waals surface area (Å²) in [4.78, 5) is 40.8. The summed E-state index contributed by atoms with van der Waals surface area (Å²) in [5.74, 6) is -0.553. The number of carbonyl (C=O) groups is 3. The first-order valence-electron chi connectivity index (χ1n) is 7.63. The molecule has 2 rings (SSSR count). The molecule has 1 fully saturated rings. The van der Waals surface area contributed by atoms with Gasteiger partial charge in [0.1, 0.15) is 6.54 Å². The average molecular weight is 352 g/mol. The number of hydrogen-bond acceptors (Lipinski definition) is 5.